The minimum Gasteiger partial charge on any atom is -0.326 e. The third-order valence-corrected chi connectivity index (χ3v) is 2.22. The first-order valence-electron chi connectivity index (χ1n) is 6.34. The molecule has 0 radical (unpaired) electrons. The summed E-state index contributed by atoms with van der Waals surface area (Å²) in [6.07, 6.45) is 2.02. The topological polar surface area (TPSA) is 30.9 Å². The zero-order valence-corrected chi connectivity index (χ0v) is 13.3. The van der Waals surface area contributed by atoms with Gasteiger partial charge in [0.2, 0.25) is 0 Å². The van der Waals surface area contributed by atoms with Gasteiger partial charge in [-0.15, -0.1) is 0 Å². The molecule has 0 aliphatic rings. The lowest BCUT2D eigenvalue weighted by Crippen LogP contribution is -2.26. The van der Waals surface area contributed by atoms with Crippen molar-refractivity contribution in [1.82, 2.24) is 3.97 Å². The maximum atomic E-state index is 5.35. The van der Waals surface area contributed by atoms with Crippen LogP contribution in [0.15, 0.2) is 30.5 Å². The number of aromatic nitrogens is 1. The molecule has 0 aliphatic heterocycles. The molecular formula is C15H26N2S. The Kier molecular flexibility index (Phi) is 7.11. The van der Waals surface area contributed by atoms with Crippen molar-refractivity contribution in [3.8, 4) is 0 Å². The monoisotopic (exact) mass is 266 g/mol. The van der Waals surface area contributed by atoms with Crippen LogP contribution in [0.4, 0.5) is 0 Å². The number of rotatable bonds is 0. The first-order valence-corrected chi connectivity index (χ1v) is 6.74. The molecule has 0 amide bonds. The predicted molar refractivity (Wildman–Crippen MR) is 86.3 cm³/mol. The van der Waals surface area contributed by atoms with Gasteiger partial charge in [0, 0.05) is 17.1 Å². The largest absolute Gasteiger partial charge is 0.326 e. The highest BCUT2D eigenvalue weighted by Gasteiger charge is 1.99. The summed E-state index contributed by atoms with van der Waals surface area (Å²) < 4.78 is 1.85. The molecule has 2 N–H and O–H groups in total. The number of aryl methyl sites for hydroxylation is 1. The van der Waals surface area contributed by atoms with Gasteiger partial charge in [0.15, 0.2) is 0 Å². The van der Waals surface area contributed by atoms with Crippen LogP contribution in [0.3, 0.4) is 0 Å². The molecule has 0 unspecified atom stereocenters. The Morgan fingerprint density at radius 2 is 1.56 bits per heavy atom. The van der Waals surface area contributed by atoms with Gasteiger partial charge in [-0.05, 0) is 39.3 Å². The minimum atomic E-state index is 0. The standard InChI is InChI=1S/C9H9NS.C4H11N.C2H6/c1-7-6-10(11)9-5-3-2-4-8(7)9;1-4(2,3)5;1-2/h2-6,11H,1H3;5H2,1-3H3;1-2H3. The van der Waals surface area contributed by atoms with Crippen molar-refractivity contribution in [2.24, 2.45) is 5.73 Å². The van der Waals surface area contributed by atoms with Crippen molar-refractivity contribution in [2.75, 3.05) is 0 Å². The summed E-state index contributed by atoms with van der Waals surface area (Å²) in [7, 11) is 0. The Morgan fingerprint density at radius 1 is 1.11 bits per heavy atom. The van der Waals surface area contributed by atoms with Gasteiger partial charge < -0.3 is 5.73 Å². The zero-order chi connectivity index (χ0) is 14.3. The van der Waals surface area contributed by atoms with Crippen molar-refractivity contribution >= 4 is 23.7 Å². The maximum Gasteiger partial charge on any atom is 0.0591 e. The van der Waals surface area contributed by atoms with Crippen LogP contribution < -0.4 is 5.73 Å². The van der Waals surface area contributed by atoms with E-state index in [1.807, 2.05) is 56.9 Å². The summed E-state index contributed by atoms with van der Waals surface area (Å²) in [4.78, 5) is 0. The van der Waals surface area contributed by atoms with Gasteiger partial charge in [0.05, 0.1) is 5.52 Å². The summed E-state index contributed by atoms with van der Waals surface area (Å²) in [5, 5.41) is 1.28. The van der Waals surface area contributed by atoms with Crippen molar-refractivity contribution in [2.45, 2.75) is 47.1 Å². The Bertz CT molecular complexity index is 425. The van der Waals surface area contributed by atoms with Gasteiger partial charge in [0.1, 0.15) is 0 Å². The van der Waals surface area contributed by atoms with E-state index in [4.69, 9.17) is 5.73 Å². The molecule has 102 valence electrons. The van der Waals surface area contributed by atoms with Crippen LogP contribution in [0.25, 0.3) is 10.9 Å². The predicted octanol–water partition coefficient (Wildman–Crippen LogP) is 4.41. The minimum absolute atomic E-state index is 0. The van der Waals surface area contributed by atoms with Crippen LogP contribution in [-0.2, 0) is 0 Å². The molecule has 0 fully saturated rings. The highest BCUT2D eigenvalue weighted by atomic mass is 32.1. The SMILES string of the molecule is CC.CC(C)(C)N.Cc1cn(S)c2ccccc12. The normalized spacial score (nSPS) is 10.2. The van der Waals surface area contributed by atoms with Crippen LogP contribution in [0.5, 0.6) is 0 Å². The van der Waals surface area contributed by atoms with Gasteiger partial charge in [0.25, 0.3) is 0 Å². The molecule has 2 nitrogen and oxygen atoms in total. The van der Waals surface area contributed by atoms with E-state index in [1.165, 1.54) is 16.5 Å². The molecule has 0 atom stereocenters. The van der Waals surface area contributed by atoms with E-state index in [9.17, 15) is 0 Å². The molecule has 0 spiro atoms. The maximum absolute atomic E-state index is 5.35. The molecule has 2 aromatic rings. The summed E-state index contributed by atoms with van der Waals surface area (Å²) in [5.74, 6) is 0. The second-order valence-corrected chi connectivity index (χ2v) is 5.47. The lowest BCUT2D eigenvalue weighted by Gasteiger charge is -2.06. The van der Waals surface area contributed by atoms with E-state index in [1.54, 1.807) is 0 Å². The van der Waals surface area contributed by atoms with Crippen LogP contribution >= 0.6 is 12.8 Å². The number of nitrogens with two attached hydrogens (primary N) is 1. The number of fused-ring (bicyclic) bond motifs is 1. The highest BCUT2D eigenvalue weighted by molar-refractivity contribution is 7.78. The Labute approximate surface area is 117 Å². The Balaban J connectivity index is 0.000000354. The van der Waals surface area contributed by atoms with Gasteiger partial charge in [-0.2, -0.15) is 0 Å². The zero-order valence-electron chi connectivity index (χ0n) is 12.4. The summed E-state index contributed by atoms with van der Waals surface area (Å²) in [6.45, 7) is 12.0. The molecular weight excluding hydrogens is 240 g/mol. The Morgan fingerprint density at radius 3 is 2.00 bits per heavy atom. The fourth-order valence-corrected chi connectivity index (χ4v) is 1.68. The summed E-state index contributed by atoms with van der Waals surface area (Å²) in [5.41, 5.74) is 7.80. The van der Waals surface area contributed by atoms with E-state index in [0.29, 0.717) is 0 Å². The molecule has 18 heavy (non-hydrogen) atoms. The van der Waals surface area contributed by atoms with E-state index in [-0.39, 0.29) is 5.54 Å². The molecule has 3 heteroatoms. The van der Waals surface area contributed by atoms with Crippen LogP contribution in [0.1, 0.15) is 40.2 Å². The quantitative estimate of drug-likeness (QED) is 0.680. The molecule has 2 rings (SSSR count). The second kappa shape index (κ2) is 7.49. The number of hydrogen-bond donors (Lipinski definition) is 2. The smallest absolute Gasteiger partial charge is 0.0591 e. The molecule has 0 bridgehead atoms. The molecule has 1 aromatic heterocycles. The highest BCUT2D eigenvalue weighted by Crippen LogP contribution is 2.20. The van der Waals surface area contributed by atoms with Crippen LogP contribution in [-0.4, -0.2) is 9.51 Å². The van der Waals surface area contributed by atoms with E-state index in [0.717, 1.165) is 0 Å². The number of benzene rings is 1. The van der Waals surface area contributed by atoms with Crippen molar-refractivity contribution in [1.29, 1.82) is 0 Å². The third-order valence-electron chi connectivity index (χ3n) is 1.89. The Hall–Kier alpha value is -0.930. The lowest BCUT2D eigenvalue weighted by molar-refractivity contribution is 0.580. The van der Waals surface area contributed by atoms with Gasteiger partial charge in [-0.1, -0.05) is 44.9 Å². The second-order valence-electron chi connectivity index (χ2n) is 5.04. The first kappa shape index (κ1) is 17.1. The summed E-state index contributed by atoms with van der Waals surface area (Å²) in [6, 6.07) is 8.24. The average molecular weight is 266 g/mol. The first-order chi connectivity index (χ1) is 8.29. The summed E-state index contributed by atoms with van der Waals surface area (Å²) >= 11 is 4.29. The number of nitrogens with zero attached hydrogens (tertiary/aromatic N) is 1. The van der Waals surface area contributed by atoms with E-state index >= 15 is 0 Å². The van der Waals surface area contributed by atoms with Crippen LogP contribution in [0.2, 0.25) is 0 Å². The molecule has 0 saturated carbocycles. The van der Waals surface area contributed by atoms with Gasteiger partial charge in [-0.3, -0.25) is 3.97 Å². The van der Waals surface area contributed by atoms with Crippen LogP contribution in [0, 0.1) is 6.92 Å². The number of para-hydroxylation sites is 1. The molecule has 1 aromatic carbocycles. The van der Waals surface area contributed by atoms with E-state index in [2.05, 4.69) is 31.9 Å². The average Bonchev–Trinajstić information content (AvgIpc) is 2.56. The van der Waals surface area contributed by atoms with E-state index < -0.39 is 0 Å². The van der Waals surface area contributed by atoms with Gasteiger partial charge in [-0.25, -0.2) is 0 Å². The van der Waals surface area contributed by atoms with Crippen molar-refractivity contribution in [3.63, 3.8) is 0 Å². The number of thiol groups is 1. The fourth-order valence-electron chi connectivity index (χ4n) is 1.33. The van der Waals surface area contributed by atoms with Crippen molar-refractivity contribution in [3.05, 3.63) is 36.0 Å². The fraction of sp³-hybridized carbons (Fsp3) is 0.467. The third kappa shape index (κ3) is 6.12. The number of hydrogen-bond acceptors (Lipinski definition) is 2. The molecule has 0 aliphatic carbocycles. The van der Waals surface area contributed by atoms with Gasteiger partial charge >= 0.3 is 0 Å². The van der Waals surface area contributed by atoms with Crippen molar-refractivity contribution < 1.29 is 0 Å². The molecule has 0 saturated heterocycles. The molecule has 1 heterocycles. The lowest BCUT2D eigenvalue weighted by atomic mass is 10.1.